The Bertz CT molecular complexity index is 623. The van der Waals surface area contributed by atoms with Gasteiger partial charge in [0, 0.05) is 0 Å². The van der Waals surface area contributed by atoms with Crippen LogP contribution < -0.4 is 11.1 Å². The van der Waals surface area contributed by atoms with Crippen LogP contribution in [-0.2, 0) is 20.8 Å². The van der Waals surface area contributed by atoms with Crippen molar-refractivity contribution in [3.63, 3.8) is 0 Å². The number of nitrogens with two attached hydrogens (primary N) is 1. The molecule has 0 aliphatic rings. The van der Waals surface area contributed by atoms with E-state index in [4.69, 9.17) is 20.7 Å². The van der Waals surface area contributed by atoms with E-state index in [-0.39, 0.29) is 5.92 Å². The van der Waals surface area contributed by atoms with Gasteiger partial charge in [0.05, 0.1) is 6.04 Å². The second-order valence-electron chi connectivity index (χ2n) is 5.81. The van der Waals surface area contributed by atoms with Gasteiger partial charge in [-0.05, 0) is 17.9 Å². The summed E-state index contributed by atoms with van der Waals surface area (Å²) in [5.74, 6) is -4.35. The molecule has 3 atom stereocenters. The summed E-state index contributed by atoms with van der Waals surface area (Å²) in [6.45, 7) is 3.68. The molecule has 5 N–H and O–H groups in total. The zero-order chi connectivity index (χ0) is 21.2. The lowest BCUT2D eigenvalue weighted by Crippen LogP contribution is -2.51. The van der Waals surface area contributed by atoms with Crippen LogP contribution in [0, 0.1) is 5.92 Å². The molecule has 0 aliphatic carbocycles. The lowest BCUT2D eigenvalue weighted by Gasteiger charge is -2.22. The Hall–Kier alpha value is -2.62. The number of carboxylic acid groups (broad SMARTS) is 2. The monoisotopic (exact) mass is 392 g/mol. The van der Waals surface area contributed by atoms with Gasteiger partial charge in [0.2, 0.25) is 5.91 Å². The van der Waals surface area contributed by atoms with Gasteiger partial charge in [0.15, 0.2) is 0 Å². The van der Waals surface area contributed by atoms with Crippen LogP contribution in [0.25, 0.3) is 0 Å². The van der Waals surface area contributed by atoms with Gasteiger partial charge in [-0.15, -0.1) is 0 Å². The topological polar surface area (TPSA) is 130 Å². The molecular formula is C17H23F3N2O5. The number of hydrogen-bond donors (Lipinski definition) is 4. The fourth-order valence-electron chi connectivity index (χ4n) is 1.90. The van der Waals surface area contributed by atoms with E-state index in [0.29, 0.717) is 12.8 Å². The van der Waals surface area contributed by atoms with Crippen molar-refractivity contribution in [1.82, 2.24) is 5.32 Å². The van der Waals surface area contributed by atoms with Crippen LogP contribution >= 0.6 is 0 Å². The molecule has 0 saturated heterocycles. The molecule has 27 heavy (non-hydrogen) atoms. The molecule has 0 radical (unpaired) electrons. The number of aliphatic carboxylic acids is 2. The maximum atomic E-state index is 12.0. The lowest BCUT2D eigenvalue weighted by molar-refractivity contribution is -0.192. The van der Waals surface area contributed by atoms with E-state index < -0.39 is 36.1 Å². The number of alkyl halides is 3. The standard InChI is InChI=1S/C15H22N2O3.C2HF3O2/c1-3-10(2)13(15(19)20)17-14(18)12(16)9-11-7-5-4-6-8-11;3-2(4,5)1(6)7/h4-8,10,12-13H,3,9,16H2,1-2H3,(H,17,18)(H,19,20);(H,6,7)/t10-,12-,13-;/m0./s1. The molecule has 10 heteroatoms. The van der Waals surface area contributed by atoms with Gasteiger partial charge in [-0.1, -0.05) is 50.6 Å². The van der Waals surface area contributed by atoms with Crippen LogP contribution in [-0.4, -0.2) is 46.3 Å². The second-order valence-corrected chi connectivity index (χ2v) is 5.81. The number of rotatable bonds is 7. The average molecular weight is 392 g/mol. The predicted octanol–water partition coefficient (Wildman–Crippen LogP) is 1.81. The van der Waals surface area contributed by atoms with Crippen LogP contribution in [0.3, 0.4) is 0 Å². The summed E-state index contributed by atoms with van der Waals surface area (Å²) in [5.41, 5.74) is 6.78. The van der Waals surface area contributed by atoms with E-state index >= 15 is 0 Å². The third-order valence-corrected chi connectivity index (χ3v) is 3.65. The third kappa shape index (κ3) is 9.59. The Kier molecular flexibility index (Phi) is 10.1. The zero-order valence-corrected chi connectivity index (χ0v) is 14.9. The van der Waals surface area contributed by atoms with E-state index in [9.17, 15) is 22.8 Å². The molecule has 0 heterocycles. The minimum absolute atomic E-state index is 0.139. The number of nitrogens with one attached hydrogen (secondary N) is 1. The van der Waals surface area contributed by atoms with Crippen molar-refractivity contribution in [3.8, 4) is 0 Å². The van der Waals surface area contributed by atoms with E-state index in [0.717, 1.165) is 5.56 Å². The van der Waals surface area contributed by atoms with Gasteiger partial charge in [-0.3, -0.25) is 4.79 Å². The molecule has 0 bridgehead atoms. The van der Waals surface area contributed by atoms with Crippen LogP contribution in [0.1, 0.15) is 25.8 Å². The van der Waals surface area contributed by atoms with Crippen LogP contribution in [0.4, 0.5) is 13.2 Å². The van der Waals surface area contributed by atoms with Crippen LogP contribution in [0.2, 0.25) is 0 Å². The number of benzene rings is 1. The molecule has 1 rings (SSSR count). The van der Waals surface area contributed by atoms with Gasteiger partial charge in [0.1, 0.15) is 6.04 Å². The maximum absolute atomic E-state index is 12.0. The molecule has 0 fully saturated rings. The quantitative estimate of drug-likeness (QED) is 0.560. The average Bonchev–Trinajstić information content (AvgIpc) is 2.59. The van der Waals surface area contributed by atoms with Crippen molar-refractivity contribution >= 4 is 17.8 Å². The first-order valence-corrected chi connectivity index (χ1v) is 8.02. The predicted molar refractivity (Wildman–Crippen MR) is 90.8 cm³/mol. The first kappa shape index (κ1) is 24.4. The Morgan fingerprint density at radius 1 is 1.15 bits per heavy atom. The number of halogens is 3. The molecule has 0 aliphatic heterocycles. The van der Waals surface area contributed by atoms with Gasteiger partial charge in [-0.25, -0.2) is 9.59 Å². The number of carbonyl (C=O) groups excluding carboxylic acids is 1. The summed E-state index contributed by atoms with van der Waals surface area (Å²) in [6, 6.07) is 7.77. The summed E-state index contributed by atoms with van der Waals surface area (Å²) in [7, 11) is 0. The van der Waals surface area contributed by atoms with Gasteiger partial charge in [-0.2, -0.15) is 13.2 Å². The third-order valence-electron chi connectivity index (χ3n) is 3.65. The Morgan fingerprint density at radius 3 is 2.00 bits per heavy atom. The SMILES string of the molecule is CC[C@H](C)[C@H](NC(=O)[C@@H](N)Cc1ccccc1)C(=O)O.O=C(O)C(F)(F)F. The molecule has 7 nitrogen and oxygen atoms in total. The van der Waals surface area contributed by atoms with Crippen molar-refractivity contribution < 1.29 is 37.8 Å². The van der Waals surface area contributed by atoms with Crippen molar-refractivity contribution in [3.05, 3.63) is 35.9 Å². The normalized spacial score (nSPS) is 14.1. The Labute approximate surface area is 154 Å². The Balaban J connectivity index is 0.000000821. The summed E-state index contributed by atoms with van der Waals surface area (Å²) in [6.07, 6.45) is -4.02. The largest absolute Gasteiger partial charge is 0.490 e. The highest BCUT2D eigenvalue weighted by atomic mass is 19.4. The number of hydrogen-bond acceptors (Lipinski definition) is 4. The number of carbonyl (C=O) groups is 3. The van der Waals surface area contributed by atoms with E-state index in [1.807, 2.05) is 37.3 Å². The first-order chi connectivity index (χ1) is 12.4. The van der Waals surface area contributed by atoms with Crippen LogP contribution in [0.5, 0.6) is 0 Å². The van der Waals surface area contributed by atoms with E-state index in [2.05, 4.69) is 5.32 Å². The number of carboxylic acids is 2. The molecule has 0 spiro atoms. The van der Waals surface area contributed by atoms with Crippen molar-refractivity contribution in [2.45, 2.75) is 44.9 Å². The highest BCUT2D eigenvalue weighted by Crippen LogP contribution is 2.13. The van der Waals surface area contributed by atoms with Crippen molar-refractivity contribution in [2.75, 3.05) is 0 Å². The van der Waals surface area contributed by atoms with Crippen LogP contribution in [0.15, 0.2) is 30.3 Å². The van der Waals surface area contributed by atoms with Gasteiger partial charge < -0.3 is 21.3 Å². The smallest absolute Gasteiger partial charge is 0.480 e. The van der Waals surface area contributed by atoms with E-state index in [1.165, 1.54) is 0 Å². The molecule has 1 amide bonds. The molecule has 1 aromatic rings. The lowest BCUT2D eigenvalue weighted by atomic mass is 9.98. The number of amides is 1. The van der Waals surface area contributed by atoms with Gasteiger partial charge >= 0.3 is 18.1 Å². The van der Waals surface area contributed by atoms with Crippen molar-refractivity contribution in [1.29, 1.82) is 0 Å². The molecule has 0 aromatic heterocycles. The van der Waals surface area contributed by atoms with E-state index in [1.54, 1.807) is 6.92 Å². The summed E-state index contributed by atoms with van der Waals surface area (Å²) >= 11 is 0. The minimum atomic E-state index is -5.08. The van der Waals surface area contributed by atoms with Gasteiger partial charge in [0.25, 0.3) is 0 Å². The summed E-state index contributed by atoms with van der Waals surface area (Å²) in [5, 5.41) is 18.8. The first-order valence-electron chi connectivity index (χ1n) is 8.02. The molecule has 0 unspecified atom stereocenters. The molecule has 0 saturated carbocycles. The summed E-state index contributed by atoms with van der Waals surface area (Å²) < 4.78 is 31.7. The molecular weight excluding hydrogens is 369 g/mol. The molecule has 152 valence electrons. The molecule has 1 aromatic carbocycles. The zero-order valence-electron chi connectivity index (χ0n) is 14.9. The maximum Gasteiger partial charge on any atom is 0.490 e. The Morgan fingerprint density at radius 2 is 1.63 bits per heavy atom. The minimum Gasteiger partial charge on any atom is -0.480 e. The highest BCUT2D eigenvalue weighted by molar-refractivity contribution is 5.87. The fraction of sp³-hybridized carbons (Fsp3) is 0.471. The fourth-order valence-corrected chi connectivity index (χ4v) is 1.90. The highest BCUT2D eigenvalue weighted by Gasteiger charge is 2.38. The second kappa shape index (κ2) is 11.2. The van der Waals surface area contributed by atoms with Crippen molar-refractivity contribution in [2.24, 2.45) is 11.7 Å². The summed E-state index contributed by atoms with van der Waals surface area (Å²) in [4.78, 5) is 32.0.